The number of rotatable bonds is 5. The number of thiophene rings is 1. The van der Waals surface area contributed by atoms with Crippen molar-refractivity contribution in [2.45, 2.75) is 6.92 Å². The van der Waals surface area contributed by atoms with Crippen LogP contribution in [-0.2, 0) is 4.79 Å². The monoisotopic (exact) mass is 317 g/mol. The van der Waals surface area contributed by atoms with Crippen molar-refractivity contribution >= 4 is 27.9 Å². The number of hydrogen-bond acceptors (Lipinski definition) is 6. The van der Waals surface area contributed by atoms with E-state index in [1.165, 1.54) is 17.4 Å². The maximum Gasteiger partial charge on any atom is 0.313 e. The molecule has 1 amide bonds. The van der Waals surface area contributed by atoms with Gasteiger partial charge in [0, 0.05) is 5.56 Å². The molecule has 2 rings (SSSR count). The number of nitriles is 1. The number of nitro benzene ring substituents is 1. The molecule has 0 spiro atoms. The Hall–Kier alpha value is -2.92. The molecule has 0 aliphatic carbocycles. The van der Waals surface area contributed by atoms with Gasteiger partial charge in [0.25, 0.3) is 5.91 Å². The van der Waals surface area contributed by atoms with E-state index >= 15 is 0 Å². The van der Waals surface area contributed by atoms with Gasteiger partial charge in [-0.3, -0.25) is 14.9 Å². The Kier molecular flexibility index (Phi) is 4.70. The van der Waals surface area contributed by atoms with Crippen molar-refractivity contribution in [2.75, 3.05) is 11.9 Å². The molecule has 1 aromatic heterocycles. The first-order valence-electron chi connectivity index (χ1n) is 6.17. The number of nitro groups is 1. The lowest BCUT2D eigenvalue weighted by atomic mass is 10.2. The normalized spacial score (nSPS) is 9.82. The summed E-state index contributed by atoms with van der Waals surface area (Å²) in [6.07, 6.45) is 0. The number of aryl methyl sites for hydroxylation is 1. The Bertz CT molecular complexity index is 764. The van der Waals surface area contributed by atoms with Crippen LogP contribution in [0.4, 0.5) is 10.7 Å². The average Bonchev–Trinajstić information content (AvgIpc) is 2.91. The number of anilines is 1. The molecule has 1 N–H and O–H groups in total. The molecule has 0 aliphatic rings. The van der Waals surface area contributed by atoms with E-state index < -0.39 is 10.8 Å². The zero-order valence-electron chi connectivity index (χ0n) is 11.5. The van der Waals surface area contributed by atoms with Gasteiger partial charge in [-0.15, -0.1) is 11.3 Å². The van der Waals surface area contributed by atoms with Crippen LogP contribution in [0.1, 0.15) is 11.1 Å². The van der Waals surface area contributed by atoms with Crippen LogP contribution < -0.4 is 10.1 Å². The van der Waals surface area contributed by atoms with E-state index in [4.69, 9.17) is 10.00 Å². The lowest BCUT2D eigenvalue weighted by Crippen LogP contribution is -2.20. The summed E-state index contributed by atoms with van der Waals surface area (Å²) < 4.78 is 5.23. The highest BCUT2D eigenvalue weighted by Crippen LogP contribution is 2.30. The predicted octanol–water partition coefficient (Wildman–Crippen LogP) is 2.85. The van der Waals surface area contributed by atoms with Crippen molar-refractivity contribution in [3.63, 3.8) is 0 Å². The predicted molar refractivity (Wildman–Crippen MR) is 81.0 cm³/mol. The molecule has 0 radical (unpaired) electrons. The van der Waals surface area contributed by atoms with Gasteiger partial charge in [0.15, 0.2) is 12.4 Å². The first kappa shape index (κ1) is 15.5. The molecule has 112 valence electrons. The molecule has 2 aromatic rings. The molecule has 0 bridgehead atoms. The topological polar surface area (TPSA) is 105 Å². The van der Waals surface area contributed by atoms with Crippen LogP contribution in [0.25, 0.3) is 0 Å². The van der Waals surface area contributed by atoms with Crippen LogP contribution in [0, 0.1) is 28.4 Å². The fourth-order valence-corrected chi connectivity index (χ4v) is 2.54. The van der Waals surface area contributed by atoms with Gasteiger partial charge in [-0.05, 0) is 24.4 Å². The van der Waals surface area contributed by atoms with Gasteiger partial charge in [-0.25, -0.2) is 0 Å². The summed E-state index contributed by atoms with van der Waals surface area (Å²) >= 11 is 1.22. The summed E-state index contributed by atoms with van der Waals surface area (Å²) in [6.45, 7) is 1.21. The molecule has 0 saturated carbocycles. The first-order valence-corrected chi connectivity index (χ1v) is 7.05. The number of ether oxygens (including phenoxy) is 1. The summed E-state index contributed by atoms with van der Waals surface area (Å²) in [7, 11) is 0. The molecular formula is C14H11N3O4S. The number of hydrogen-bond donors (Lipinski definition) is 1. The van der Waals surface area contributed by atoms with Crippen LogP contribution >= 0.6 is 11.3 Å². The Morgan fingerprint density at radius 1 is 1.50 bits per heavy atom. The van der Waals surface area contributed by atoms with Crippen LogP contribution in [-0.4, -0.2) is 17.4 Å². The number of nitrogens with one attached hydrogen (secondary N) is 1. The second-order valence-electron chi connectivity index (χ2n) is 4.29. The largest absolute Gasteiger partial charge is 0.477 e. The van der Waals surface area contributed by atoms with Gasteiger partial charge in [0.1, 0.15) is 11.1 Å². The summed E-state index contributed by atoms with van der Waals surface area (Å²) in [4.78, 5) is 22.3. The summed E-state index contributed by atoms with van der Waals surface area (Å²) in [5.41, 5.74) is 0.650. The Labute approximate surface area is 129 Å². The Balaban J connectivity index is 2.05. The van der Waals surface area contributed by atoms with E-state index in [2.05, 4.69) is 5.32 Å². The maximum absolute atomic E-state index is 11.8. The third kappa shape index (κ3) is 3.39. The van der Waals surface area contributed by atoms with Crippen molar-refractivity contribution < 1.29 is 14.5 Å². The summed E-state index contributed by atoms with van der Waals surface area (Å²) in [5.74, 6) is -0.457. The molecule has 8 heteroatoms. The number of carbonyl (C=O) groups is 1. The van der Waals surface area contributed by atoms with Gasteiger partial charge in [0.2, 0.25) is 0 Å². The third-order valence-corrected chi connectivity index (χ3v) is 3.61. The number of nitrogens with zero attached hydrogens (tertiary/aromatic N) is 2. The smallest absolute Gasteiger partial charge is 0.313 e. The van der Waals surface area contributed by atoms with E-state index in [-0.39, 0.29) is 18.0 Å². The van der Waals surface area contributed by atoms with Gasteiger partial charge in [-0.2, -0.15) is 5.26 Å². The van der Waals surface area contributed by atoms with Crippen LogP contribution in [0.2, 0.25) is 0 Å². The lowest BCUT2D eigenvalue weighted by molar-refractivity contribution is -0.386. The zero-order chi connectivity index (χ0) is 16.1. The van der Waals surface area contributed by atoms with Crippen LogP contribution in [0.3, 0.4) is 0 Å². The van der Waals surface area contributed by atoms with Crippen molar-refractivity contribution in [2.24, 2.45) is 0 Å². The maximum atomic E-state index is 11.8. The molecule has 0 unspecified atom stereocenters. The minimum absolute atomic E-state index is 0.0341. The highest BCUT2D eigenvalue weighted by Gasteiger charge is 2.19. The summed E-state index contributed by atoms with van der Waals surface area (Å²) in [6, 6.07) is 8.18. The number of amides is 1. The molecular weight excluding hydrogens is 306 g/mol. The zero-order valence-corrected chi connectivity index (χ0v) is 12.3. The Morgan fingerprint density at radius 3 is 2.95 bits per heavy atom. The fourth-order valence-electron chi connectivity index (χ4n) is 1.78. The second kappa shape index (κ2) is 6.69. The molecule has 0 fully saturated rings. The van der Waals surface area contributed by atoms with Crippen LogP contribution in [0.5, 0.6) is 5.75 Å². The molecule has 7 nitrogen and oxygen atoms in total. The Morgan fingerprint density at radius 2 is 2.27 bits per heavy atom. The molecule has 0 saturated heterocycles. The van der Waals surface area contributed by atoms with Crippen molar-refractivity contribution in [3.8, 4) is 11.8 Å². The second-order valence-corrected chi connectivity index (χ2v) is 5.21. The van der Waals surface area contributed by atoms with Crippen LogP contribution in [0.15, 0.2) is 29.6 Å². The highest BCUT2D eigenvalue weighted by atomic mass is 32.1. The quantitative estimate of drug-likeness (QED) is 0.674. The standard InChI is InChI=1S/C14H11N3O4S/c1-9-3-2-4-11(13(9)17(19)20)21-8-12(18)16-14-10(7-15)5-6-22-14/h2-6H,8H2,1H3,(H,16,18). The van der Waals surface area contributed by atoms with Crippen molar-refractivity contribution in [1.82, 2.24) is 0 Å². The lowest BCUT2D eigenvalue weighted by Gasteiger charge is -2.08. The first-order chi connectivity index (χ1) is 10.5. The van der Waals surface area contributed by atoms with E-state index in [0.29, 0.717) is 16.1 Å². The molecule has 1 aromatic carbocycles. The molecule has 0 aliphatic heterocycles. The summed E-state index contributed by atoms with van der Waals surface area (Å²) in [5, 5.41) is 24.5. The van der Waals surface area contributed by atoms with Gasteiger partial charge >= 0.3 is 5.69 Å². The van der Waals surface area contributed by atoms with Crippen molar-refractivity contribution in [1.29, 1.82) is 5.26 Å². The number of benzene rings is 1. The van der Waals surface area contributed by atoms with E-state index in [9.17, 15) is 14.9 Å². The average molecular weight is 317 g/mol. The SMILES string of the molecule is Cc1cccc(OCC(=O)Nc2sccc2C#N)c1[N+](=O)[O-]. The van der Waals surface area contributed by atoms with Gasteiger partial charge in [0.05, 0.1) is 10.5 Å². The molecule has 22 heavy (non-hydrogen) atoms. The van der Waals surface area contributed by atoms with Crippen molar-refractivity contribution in [3.05, 3.63) is 50.9 Å². The molecule has 0 atom stereocenters. The van der Waals surface area contributed by atoms with E-state index in [1.54, 1.807) is 30.5 Å². The number of para-hydroxylation sites is 1. The van der Waals surface area contributed by atoms with E-state index in [1.807, 2.05) is 6.07 Å². The third-order valence-electron chi connectivity index (χ3n) is 2.78. The fraction of sp³-hybridized carbons (Fsp3) is 0.143. The highest BCUT2D eigenvalue weighted by molar-refractivity contribution is 7.14. The number of carbonyl (C=O) groups excluding carboxylic acids is 1. The minimum atomic E-state index is -0.546. The van der Waals surface area contributed by atoms with E-state index in [0.717, 1.165) is 0 Å². The van der Waals surface area contributed by atoms with Gasteiger partial charge < -0.3 is 10.1 Å². The minimum Gasteiger partial charge on any atom is -0.477 e. The molecule has 1 heterocycles. The van der Waals surface area contributed by atoms with Gasteiger partial charge in [-0.1, -0.05) is 12.1 Å².